The number of primary amides is 1. The molecule has 0 saturated heterocycles. The molecular formula is C8H18N2O2. The molecule has 0 aromatic carbocycles. The van der Waals surface area contributed by atoms with Crippen LogP contribution in [0.15, 0.2) is 0 Å². The number of rotatable bonds is 7. The highest BCUT2D eigenvalue weighted by molar-refractivity contribution is 5.73. The van der Waals surface area contributed by atoms with Crippen molar-refractivity contribution in [2.45, 2.75) is 38.8 Å². The standard InChI is InChI=1S/C8H18N2O2/c1-7(11)10-6-4-2-3-5-8(9)12/h7,10-11H,2-6H2,1H3,(H2,9,12). The number of unbranched alkanes of at least 4 members (excludes halogenated alkanes) is 2. The lowest BCUT2D eigenvalue weighted by molar-refractivity contribution is -0.118. The van der Waals surface area contributed by atoms with Crippen molar-refractivity contribution in [2.24, 2.45) is 5.73 Å². The molecular weight excluding hydrogens is 156 g/mol. The second-order valence-corrected chi connectivity index (χ2v) is 2.91. The number of aliphatic hydroxyl groups is 1. The summed E-state index contributed by atoms with van der Waals surface area (Å²) >= 11 is 0. The Bertz CT molecular complexity index is 126. The van der Waals surface area contributed by atoms with E-state index in [1.165, 1.54) is 0 Å². The van der Waals surface area contributed by atoms with Gasteiger partial charge in [0.05, 0.1) is 0 Å². The Labute approximate surface area is 73.1 Å². The van der Waals surface area contributed by atoms with Crippen LogP contribution in [0.4, 0.5) is 0 Å². The highest BCUT2D eigenvalue weighted by Crippen LogP contribution is 1.97. The molecule has 0 radical (unpaired) electrons. The fraction of sp³-hybridized carbons (Fsp3) is 0.875. The molecule has 1 unspecified atom stereocenters. The van der Waals surface area contributed by atoms with Gasteiger partial charge in [-0.25, -0.2) is 0 Å². The summed E-state index contributed by atoms with van der Waals surface area (Å²) in [6.45, 7) is 2.47. The van der Waals surface area contributed by atoms with E-state index in [0.717, 1.165) is 25.8 Å². The summed E-state index contributed by atoms with van der Waals surface area (Å²) in [5.74, 6) is -0.238. The average molecular weight is 174 g/mol. The van der Waals surface area contributed by atoms with Crippen molar-refractivity contribution in [2.75, 3.05) is 6.54 Å². The topological polar surface area (TPSA) is 75.3 Å². The Morgan fingerprint density at radius 3 is 2.67 bits per heavy atom. The van der Waals surface area contributed by atoms with Crippen LogP contribution >= 0.6 is 0 Å². The summed E-state index contributed by atoms with van der Waals surface area (Å²) in [6, 6.07) is 0. The fourth-order valence-electron chi connectivity index (χ4n) is 0.912. The van der Waals surface area contributed by atoms with Crippen LogP contribution in [0.25, 0.3) is 0 Å². The zero-order valence-electron chi connectivity index (χ0n) is 7.55. The van der Waals surface area contributed by atoms with Gasteiger partial charge in [0.1, 0.15) is 6.23 Å². The second kappa shape index (κ2) is 7.06. The molecule has 4 N–H and O–H groups in total. The van der Waals surface area contributed by atoms with Gasteiger partial charge in [-0.3, -0.25) is 10.1 Å². The lowest BCUT2D eigenvalue weighted by Gasteiger charge is -2.05. The Morgan fingerprint density at radius 1 is 1.50 bits per heavy atom. The van der Waals surface area contributed by atoms with Crippen molar-refractivity contribution >= 4 is 5.91 Å². The molecule has 0 rings (SSSR count). The van der Waals surface area contributed by atoms with E-state index in [4.69, 9.17) is 10.8 Å². The summed E-state index contributed by atoms with van der Waals surface area (Å²) in [4.78, 5) is 10.3. The van der Waals surface area contributed by atoms with Gasteiger partial charge in [-0.05, 0) is 26.3 Å². The number of hydrogen-bond donors (Lipinski definition) is 3. The van der Waals surface area contributed by atoms with Crippen LogP contribution < -0.4 is 11.1 Å². The predicted octanol–water partition coefficient (Wildman–Crippen LogP) is -0.0400. The molecule has 0 fully saturated rings. The first kappa shape index (κ1) is 11.4. The first-order valence-corrected chi connectivity index (χ1v) is 4.32. The van der Waals surface area contributed by atoms with E-state index in [1.807, 2.05) is 0 Å². The third kappa shape index (κ3) is 9.39. The van der Waals surface area contributed by atoms with Crippen LogP contribution in [0.3, 0.4) is 0 Å². The van der Waals surface area contributed by atoms with E-state index >= 15 is 0 Å². The summed E-state index contributed by atoms with van der Waals surface area (Å²) in [7, 11) is 0. The maximum absolute atomic E-state index is 10.3. The first-order chi connectivity index (χ1) is 5.63. The Kier molecular flexibility index (Phi) is 6.70. The maximum Gasteiger partial charge on any atom is 0.217 e. The van der Waals surface area contributed by atoms with Crippen LogP contribution in [0.1, 0.15) is 32.6 Å². The molecule has 1 atom stereocenters. The molecule has 0 bridgehead atoms. The number of carbonyl (C=O) groups is 1. The maximum atomic E-state index is 10.3. The molecule has 12 heavy (non-hydrogen) atoms. The number of hydrogen-bond acceptors (Lipinski definition) is 3. The minimum Gasteiger partial charge on any atom is -0.379 e. The Hall–Kier alpha value is -0.610. The van der Waals surface area contributed by atoms with Crippen molar-refractivity contribution in [3.8, 4) is 0 Å². The molecule has 1 amide bonds. The predicted molar refractivity (Wildman–Crippen MR) is 47.3 cm³/mol. The third-order valence-corrected chi connectivity index (χ3v) is 1.54. The molecule has 0 aliphatic carbocycles. The monoisotopic (exact) mass is 174 g/mol. The molecule has 0 saturated carbocycles. The number of carbonyl (C=O) groups excluding carboxylic acids is 1. The zero-order chi connectivity index (χ0) is 9.40. The Balaban J connectivity index is 2.96. The lowest BCUT2D eigenvalue weighted by atomic mass is 10.2. The van der Waals surface area contributed by atoms with Gasteiger partial charge in [-0.1, -0.05) is 6.42 Å². The van der Waals surface area contributed by atoms with Gasteiger partial charge >= 0.3 is 0 Å². The number of nitrogens with one attached hydrogen (secondary N) is 1. The summed E-state index contributed by atoms with van der Waals surface area (Å²) < 4.78 is 0. The van der Waals surface area contributed by atoms with Crippen LogP contribution in [0.5, 0.6) is 0 Å². The smallest absolute Gasteiger partial charge is 0.217 e. The second-order valence-electron chi connectivity index (χ2n) is 2.91. The largest absolute Gasteiger partial charge is 0.379 e. The SMILES string of the molecule is CC(O)NCCCCCC(N)=O. The van der Waals surface area contributed by atoms with E-state index in [2.05, 4.69) is 5.32 Å². The van der Waals surface area contributed by atoms with Gasteiger partial charge in [0.15, 0.2) is 0 Å². The van der Waals surface area contributed by atoms with Gasteiger partial charge in [0.2, 0.25) is 5.91 Å². The third-order valence-electron chi connectivity index (χ3n) is 1.54. The van der Waals surface area contributed by atoms with Gasteiger partial charge in [0.25, 0.3) is 0 Å². The van der Waals surface area contributed by atoms with Crippen molar-refractivity contribution < 1.29 is 9.90 Å². The van der Waals surface area contributed by atoms with Crippen molar-refractivity contribution in [3.05, 3.63) is 0 Å². The number of aliphatic hydroxyl groups excluding tert-OH is 1. The summed E-state index contributed by atoms with van der Waals surface area (Å²) in [5.41, 5.74) is 4.96. The fourth-order valence-corrected chi connectivity index (χ4v) is 0.912. The minimum absolute atomic E-state index is 0.238. The van der Waals surface area contributed by atoms with Crippen LogP contribution in [0, 0.1) is 0 Å². The van der Waals surface area contributed by atoms with Crippen LogP contribution in [0.2, 0.25) is 0 Å². The van der Waals surface area contributed by atoms with E-state index in [-0.39, 0.29) is 5.91 Å². The van der Waals surface area contributed by atoms with Crippen molar-refractivity contribution in [3.63, 3.8) is 0 Å². The van der Waals surface area contributed by atoms with Crippen LogP contribution in [-0.4, -0.2) is 23.8 Å². The van der Waals surface area contributed by atoms with Crippen molar-refractivity contribution in [1.29, 1.82) is 0 Å². The van der Waals surface area contributed by atoms with Gasteiger partial charge in [0, 0.05) is 6.42 Å². The number of amides is 1. The lowest BCUT2D eigenvalue weighted by Crippen LogP contribution is -2.26. The molecule has 0 aromatic rings. The highest BCUT2D eigenvalue weighted by Gasteiger charge is 1.95. The average Bonchev–Trinajstić information content (AvgIpc) is 1.95. The van der Waals surface area contributed by atoms with E-state index in [1.54, 1.807) is 6.92 Å². The zero-order valence-corrected chi connectivity index (χ0v) is 7.55. The van der Waals surface area contributed by atoms with Gasteiger partial charge < -0.3 is 10.8 Å². The minimum atomic E-state index is -0.443. The van der Waals surface area contributed by atoms with Gasteiger partial charge in [-0.15, -0.1) is 0 Å². The number of nitrogens with two attached hydrogens (primary N) is 1. The molecule has 0 aromatic heterocycles. The van der Waals surface area contributed by atoms with E-state index in [0.29, 0.717) is 6.42 Å². The summed E-state index contributed by atoms with van der Waals surface area (Å²) in [6.07, 6.45) is 2.81. The Morgan fingerprint density at radius 2 is 2.17 bits per heavy atom. The van der Waals surface area contributed by atoms with Gasteiger partial charge in [-0.2, -0.15) is 0 Å². The molecule has 72 valence electrons. The van der Waals surface area contributed by atoms with Crippen LogP contribution in [-0.2, 0) is 4.79 Å². The molecule has 0 aliphatic heterocycles. The van der Waals surface area contributed by atoms with E-state index < -0.39 is 6.23 Å². The molecule has 0 spiro atoms. The normalized spacial score (nSPS) is 12.8. The molecule has 4 nitrogen and oxygen atoms in total. The highest BCUT2D eigenvalue weighted by atomic mass is 16.3. The molecule has 0 aliphatic rings. The molecule has 0 heterocycles. The molecule has 4 heteroatoms. The summed E-state index contributed by atoms with van der Waals surface area (Å²) in [5, 5.41) is 11.7. The quantitative estimate of drug-likeness (QED) is 0.374. The first-order valence-electron chi connectivity index (χ1n) is 4.32. The van der Waals surface area contributed by atoms with E-state index in [9.17, 15) is 4.79 Å². The van der Waals surface area contributed by atoms with Crippen molar-refractivity contribution in [1.82, 2.24) is 5.32 Å².